The zero-order chi connectivity index (χ0) is 18.7. The molecule has 1 aliphatic carbocycles. The van der Waals surface area contributed by atoms with Crippen molar-refractivity contribution in [2.75, 3.05) is 0 Å². The van der Waals surface area contributed by atoms with Crippen molar-refractivity contribution in [1.29, 1.82) is 0 Å². The van der Waals surface area contributed by atoms with Gasteiger partial charge in [0, 0.05) is 17.4 Å². The predicted molar refractivity (Wildman–Crippen MR) is 110 cm³/mol. The Bertz CT molecular complexity index is 1120. The second kappa shape index (κ2) is 6.60. The third-order valence-corrected chi connectivity index (χ3v) is 6.92. The molecule has 1 aromatic heterocycles. The molecule has 144 valence electrons. The summed E-state index contributed by atoms with van der Waals surface area (Å²) in [5.41, 5.74) is 5.73. The molecule has 0 spiro atoms. The monoisotopic (exact) mass is 398 g/mol. The van der Waals surface area contributed by atoms with Crippen LogP contribution in [0.4, 0.5) is 0 Å². The molecule has 0 saturated heterocycles. The molecule has 0 fully saturated rings. The molecular weight excluding hydrogens is 376 g/mol. The van der Waals surface area contributed by atoms with Crippen molar-refractivity contribution in [3.8, 4) is 0 Å². The molecule has 2 aliphatic heterocycles. The van der Waals surface area contributed by atoms with Gasteiger partial charge in [-0.1, -0.05) is 84.9 Å². The van der Waals surface area contributed by atoms with Gasteiger partial charge in [-0.2, -0.15) is 0 Å². The van der Waals surface area contributed by atoms with Crippen molar-refractivity contribution in [1.82, 2.24) is 4.57 Å². The van der Waals surface area contributed by atoms with Gasteiger partial charge in [-0.15, -0.1) is 0 Å². The van der Waals surface area contributed by atoms with Crippen LogP contribution >= 0.6 is 0 Å². The lowest BCUT2D eigenvalue weighted by molar-refractivity contribution is -0.681. The summed E-state index contributed by atoms with van der Waals surface area (Å²) >= 11 is 0. The highest BCUT2D eigenvalue weighted by Crippen LogP contribution is 2.61. The first-order valence-corrected chi connectivity index (χ1v) is 10.1. The van der Waals surface area contributed by atoms with Crippen molar-refractivity contribution >= 4 is 0 Å². The van der Waals surface area contributed by atoms with Crippen LogP contribution in [0.25, 0.3) is 0 Å². The van der Waals surface area contributed by atoms with E-state index in [2.05, 4.69) is 114 Å². The van der Waals surface area contributed by atoms with Crippen LogP contribution in [0.2, 0.25) is 0 Å². The molecule has 3 aromatic carbocycles. The van der Waals surface area contributed by atoms with Gasteiger partial charge < -0.3 is 12.4 Å². The molecule has 0 radical (unpaired) electrons. The smallest absolute Gasteiger partial charge is 0.265 e. The Morgan fingerprint density at radius 2 is 1.34 bits per heavy atom. The quantitative estimate of drug-likeness (QED) is 0.455. The van der Waals surface area contributed by atoms with Gasteiger partial charge in [0.25, 0.3) is 5.82 Å². The van der Waals surface area contributed by atoms with E-state index in [1.807, 2.05) is 0 Å². The fourth-order valence-corrected chi connectivity index (χ4v) is 5.81. The molecule has 2 unspecified atom stereocenters. The Morgan fingerprint density at radius 1 is 0.793 bits per heavy atom. The van der Waals surface area contributed by atoms with E-state index in [0.29, 0.717) is 12.0 Å². The molecule has 3 heteroatoms. The van der Waals surface area contributed by atoms with Crippen LogP contribution in [0.5, 0.6) is 0 Å². The summed E-state index contributed by atoms with van der Waals surface area (Å²) in [4.78, 5) is 0. The SMILES string of the molecule is C[n+]1ccn2c1C1c3ccccc3C2CC1(c1ccccc1)c1ccccc1.[Cl-]. The number of benzene rings is 3. The maximum absolute atomic E-state index is 2.51. The molecular formula is C26H23ClN2. The molecule has 3 heterocycles. The number of fused-ring (bicyclic) bond motifs is 1. The molecule has 0 N–H and O–H groups in total. The summed E-state index contributed by atoms with van der Waals surface area (Å²) in [6, 6.07) is 31.7. The van der Waals surface area contributed by atoms with Crippen LogP contribution in [0, 0.1) is 0 Å². The van der Waals surface area contributed by atoms with Crippen molar-refractivity contribution in [3.63, 3.8) is 0 Å². The van der Waals surface area contributed by atoms with Gasteiger partial charge in [0.1, 0.15) is 18.4 Å². The van der Waals surface area contributed by atoms with Gasteiger partial charge in [0.15, 0.2) is 0 Å². The van der Waals surface area contributed by atoms with Crippen molar-refractivity contribution in [2.45, 2.75) is 23.8 Å². The molecule has 2 bridgehead atoms. The number of rotatable bonds is 2. The Hall–Kier alpha value is -2.84. The Labute approximate surface area is 177 Å². The van der Waals surface area contributed by atoms with Gasteiger partial charge in [-0.25, -0.2) is 9.13 Å². The first-order valence-electron chi connectivity index (χ1n) is 10.1. The first-order chi connectivity index (χ1) is 13.8. The number of hydrogen-bond donors (Lipinski definition) is 0. The molecule has 7 rings (SSSR count). The summed E-state index contributed by atoms with van der Waals surface area (Å²) in [6.07, 6.45) is 5.57. The van der Waals surface area contributed by atoms with Crippen LogP contribution in [-0.4, -0.2) is 4.57 Å². The second-order valence-corrected chi connectivity index (χ2v) is 8.16. The number of aromatic nitrogens is 2. The third kappa shape index (κ3) is 2.33. The molecule has 0 amide bonds. The maximum atomic E-state index is 2.51. The predicted octanol–water partition coefficient (Wildman–Crippen LogP) is 1.74. The third-order valence-electron chi connectivity index (χ3n) is 6.92. The van der Waals surface area contributed by atoms with Crippen LogP contribution in [-0.2, 0) is 12.5 Å². The molecule has 29 heavy (non-hydrogen) atoms. The number of aryl methyl sites for hydroxylation is 1. The van der Waals surface area contributed by atoms with Gasteiger partial charge in [-0.05, 0) is 16.7 Å². The molecule has 4 aromatic rings. The summed E-state index contributed by atoms with van der Waals surface area (Å²) in [5.74, 6) is 1.70. The fourth-order valence-electron chi connectivity index (χ4n) is 5.81. The Balaban J connectivity index is 0.00000181. The standard InChI is InChI=1S/C26H23N2.ClH/c1-27-16-17-28-23-18-26(19-10-4-2-5-11-19,20-12-6-3-7-13-20)24(25(27)28)22-15-9-8-14-21(22)23;/h2-17,23-24H,18H2,1H3;1H/q+1;/p-1. The highest BCUT2D eigenvalue weighted by Gasteiger charge is 2.59. The zero-order valence-corrected chi connectivity index (χ0v) is 17.1. The molecule has 0 saturated carbocycles. The summed E-state index contributed by atoms with van der Waals surface area (Å²) < 4.78 is 4.84. The van der Waals surface area contributed by atoms with Gasteiger partial charge in [0.05, 0.1) is 13.0 Å². The number of nitrogens with zero attached hydrogens (tertiary/aromatic N) is 2. The second-order valence-electron chi connectivity index (χ2n) is 8.16. The topological polar surface area (TPSA) is 8.81 Å². The van der Waals surface area contributed by atoms with Crippen LogP contribution in [0.1, 0.15) is 46.5 Å². The lowest BCUT2D eigenvalue weighted by Gasteiger charge is -2.50. The van der Waals surface area contributed by atoms with Gasteiger partial charge in [-0.3, -0.25) is 0 Å². The largest absolute Gasteiger partial charge is 1.00 e. The average molecular weight is 399 g/mol. The molecule has 2 nitrogen and oxygen atoms in total. The van der Waals surface area contributed by atoms with E-state index in [1.54, 1.807) is 0 Å². The van der Waals surface area contributed by atoms with E-state index >= 15 is 0 Å². The Kier molecular flexibility index (Phi) is 4.15. The van der Waals surface area contributed by atoms with Crippen LogP contribution in [0.15, 0.2) is 97.3 Å². The van der Waals surface area contributed by atoms with Crippen molar-refractivity contribution in [2.24, 2.45) is 7.05 Å². The van der Waals surface area contributed by atoms with E-state index in [1.165, 1.54) is 28.1 Å². The lowest BCUT2D eigenvalue weighted by atomic mass is 9.54. The Morgan fingerprint density at radius 3 is 1.97 bits per heavy atom. The van der Waals surface area contributed by atoms with E-state index < -0.39 is 0 Å². The normalized spacial score (nSPS) is 20.4. The van der Waals surface area contributed by atoms with E-state index in [-0.39, 0.29) is 17.8 Å². The highest BCUT2D eigenvalue weighted by molar-refractivity contribution is 5.55. The summed E-state index contributed by atoms with van der Waals surface area (Å²) in [7, 11) is 2.19. The van der Waals surface area contributed by atoms with Crippen molar-refractivity contribution in [3.05, 3.63) is 125 Å². The minimum atomic E-state index is -0.0619. The summed E-state index contributed by atoms with van der Waals surface area (Å²) in [6.45, 7) is 0. The number of imidazole rings is 1. The van der Waals surface area contributed by atoms with Gasteiger partial charge >= 0.3 is 0 Å². The average Bonchev–Trinajstić information content (AvgIpc) is 3.17. The minimum Gasteiger partial charge on any atom is -1.00 e. The van der Waals surface area contributed by atoms with Crippen LogP contribution in [0.3, 0.4) is 0 Å². The van der Waals surface area contributed by atoms with E-state index in [4.69, 9.17) is 0 Å². The minimum absolute atomic E-state index is 0. The van der Waals surface area contributed by atoms with E-state index in [9.17, 15) is 0 Å². The van der Waals surface area contributed by atoms with E-state index in [0.717, 1.165) is 6.42 Å². The molecule has 2 atom stereocenters. The summed E-state index contributed by atoms with van der Waals surface area (Å²) in [5, 5.41) is 0. The highest BCUT2D eigenvalue weighted by atomic mass is 35.5. The van der Waals surface area contributed by atoms with Crippen LogP contribution < -0.4 is 17.0 Å². The fraction of sp³-hybridized carbons (Fsp3) is 0.192. The number of halogens is 1. The molecule has 3 aliphatic rings. The number of hydrogen-bond acceptors (Lipinski definition) is 0. The first kappa shape index (κ1) is 18.2. The maximum Gasteiger partial charge on any atom is 0.265 e. The zero-order valence-electron chi connectivity index (χ0n) is 16.4. The van der Waals surface area contributed by atoms with Crippen molar-refractivity contribution < 1.29 is 17.0 Å². The lowest BCUT2D eigenvalue weighted by Crippen LogP contribution is -3.00. The van der Waals surface area contributed by atoms with Gasteiger partial charge in [0.2, 0.25) is 0 Å².